The Balaban J connectivity index is 1.62. The Labute approximate surface area is 137 Å². The highest BCUT2D eigenvalue weighted by molar-refractivity contribution is 6.01. The van der Waals surface area contributed by atoms with E-state index in [0.29, 0.717) is 23.5 Å². The lowest BCUT2D eigenvalue weighted by Crippen LogP contribution is -2.38. The van der Waals surface area contributed by atoms with Crippen LogP contribution in [-0.2, 0) is 11.3 Å². The highest BCUT2D eigenvalue weighted by Gasteiger charge is 2.23. The first-order valence-corrected chi connectivity index (χ1v) is 8.04. The lowest BCUT2D eigenvalue weighted by atomic mass is 9.96. The van der Waals surface area contributed by atoms with Crippen LogP contribution in [0.25, 0.3) is 22.1 Å². The first-order chi connectivity index (χ1) is 11.6. The van der Waals surface area contributed by atoms with Crippen LogP contribution in [-0.4, -0.2) is 33.9 Å². The molecule has 3 heterocycles. The van der Waals surface area contributed by atoms with Crippen molar-refractivity contribution >= 4 is 28.0 Å². The second-order valence-electron chi connectivity index (χ2n) is 6.24. The molecule has 7 nitrogen and oxygen atoms in total. The summed E-state index contributed by atoms with van der Waals surface area (Å²) in [6.45, 7) is 2.07. The molecule has 0 radical (unpaired) electrons. The minimum atomic E-state index is -0.266. The minimum absolute atomic E-state index is 0.0476. The predicted octanol–water partition coefficient (Wildman–Crippen LogP) is 1.37. The molecule has 1 saturated heterocycles. The van der Waals surface area contributed by atoms with Crippen LogP contribution in [0.15, 0.2) is 33.5 Å². The summed E-state index contributed by atoms with van der Waals surface area (Å²) in [5.74, 6) is 0.331. The fourth-order valence-corrected chi connectivity index (χ4v) is 3.31. The molecular formula is C17H18N4O3. The van der Waals surface area contributed by atoms with Crippen molar-refractivity contribution in [2.75, 3.05) is 13.1 Å². The predicted molar refractivity (Wildman–Crippen MR) is 89.3 cm³/mol. The number of benzene rings is 1. The highest BCUT2D eigenvalue weighted by Crippen LogP contribution is 2.25. The molecule has 3 N–H and O–H groups in total. The van der Waals surface area contributed by atoms with Gasteiger partial charge in [-0.3, -0.25) is 14.5 Å². The number of aromatic nitrogens is 2. The number of amides is 1. The van der Waals surface area contributed by atoms with E-state index in [1.54, 1.807) is 0 Å². The Hall–Kier alpha value is -2.67. The van der Waals surface area contributed by atoms with E-state index in [9.17, 15) is 9.59 Å². The maximum atomic E-state index is 12.3. The monoisotopic (exact) mass is 326 g/mol. The van der Waals surface area contributed by atoms with Crippen molar-refractivity contribution < 1.29 is 9.21 Å². The summed E-state index contributed by atoms with van der Waals surface area (Å²) in [6, 6.07) is 7.48. The maximum absolute atomic E-state index is 12.3. The van der Waals surface area contributed by atoms with Crippen LogP contribution in [0.1, 0.15) is 18.7 Å². The van der Waals surface area contributed by atoms with E-state index in [2.05, 4.69) is 14.9 Å². The fraction of sp³-hybridized carbons (Fsp3) is 0.353. The van der Waals surface area contributed by atoms with Crippen LogP contribution < -0.4 is 11.3 Å². The molecule has 0 aliphatic carbocycles. The number of nitrogens with two attached hydrogens (primary N) is 1. The van der Waals surface area contributed by atoms with Gasteiger partial charge in [0.1, 0.15) is 16.9 Å². The molecule has 0 unspecified atom stereocenters. The van der Waals surface area contributed by atoms with E-state index in [-0.39, 0.29) is 23.0 Å². The quantitative estimate of drug-likeness (QED) is 0.756. The van der Waals surface area contributed by atoms with Gasteiger partial charge >= 0.3 is 0 Å². The SMILES string of the molecule is NC(=O)C1CCN(Cc2nc3c(oc4ccccc43)c(=O)[nH]2)CC1. The summed E-state index contributed by atoms with van der Waals surface area (Å²) in [4.78, 5) is 33.1. The molecule has 2 aromatic heterocycles. The third-order valence-electron chi connectivity index (χ3n) is 4.64. The molecule has 4 rings (SSSR count). The van der Waals surface area contributed by atoms with Gasteiger partial charge in [0.15, 0.2) is 0 Å². The van der Waals surface area contributed by atoms with E-state index in [0.717, 1.165) is 31.3 Å². The second-order valence-corrected chi connectivity index (χ2v) is 6.24. The van der Waals surface area contributed by atoms with Gasteiger partial charge < -0.3 is 15.1 Å². The Morgan fingerprint density at radius 3 is 2.83 bits per heavy atom. The molecule has 3 aromatic rings. The molecule has 124 valence electrons. The topological polar surface area (TPSA) is 105 Å². The van der Waals surface area contributed by atoms with Gasteiger partial charge in [-0.15, -0.1) is 0 Å². The van der Waals surface area contributed by atoms with Gasteiger partial charge in [0.2, 0.25) is 11.5 Å². The molecule has 1 fully saturated rings. The van der Waals surface area contributed by atoms with Crippen molar-refractivity contribution in [1.29, 1.82) is 0 Å². The van der Waals surface area contributed by atoms with Crippen molar-refractivity contribution in [2.24, 2.45) is 11.7 Å². The molecule has 1 aliphatic rings. The van der Waals surface area contributed by atoms with Crippen LogP contribution in [0.3, 0.4) is 0 Å². The molecule has 1 aromatic carbocycles. The number of carbonyl (C=O) groups excluding carboxylic acids is 1. The van der Waals surface area contributed by atoms with Gasteiger partial charge in [-0.05, 0) is 38.1 Å². The minimum Gasteiger partial charge on any atom is -0.449 e. The van der Waals surface area contributed by atoms with E-state index in [4.69, 9.17) is 10.2 Å². The van der Waals surface area contributed by atoms with Gasteiger partial charge in [-0.25, -0.2) is 4.98 Å². The summed E-state index contributed by atoms with van der Waals surface area (Å²) in [5.41, 5.74) is 6.60. The first kappa shape index (κ1) is 14.9. The van der Waals surface area contributed by atoms with Gasteiger partial charge in [0.25, 0.3) is 5.56 Å². The smallest absolute Gasteiger partial charge is 0.294 e. The number of aromatic amines is 1. The van der Waals surface area contributed by atoms with Crippen LogP contribution in [0.5, 0.6) is 0 Å². The Bertz CT molecular complexity index is 967. The number of H-pyrrole nitrogens is 1. The summed E-state index contributed by atoms with van der Waals surface area (Å²) in [7, 11) is 0. The molecular weight excluding hydrogens is 308 g/mol. The molecule has 0 atom stereocenters. The Morgan fingerprint density at radius 1 is 1.33 bits per heavy atom. The molecule has 7 heteroatoms. The number of primary amides is 1. The zero-order chi connectivity index (χ0) is 16.7. The summed E-state index contributed by atoms with van der Waals surface area (Å²) < 4.78 is 5.60. The lowest BCUT2D eigenvalue weighted by Gasteiger charge is -2.29. The normalized spacial score (nSPS) is 16.8. The molecule has 0 spiro atoms. The summed E-state index contributed by atoms with van der Waals surface area (Å²) >= 11 is 0. The fourth-order valence-electron chi connectivity index (χ4n) is 3.31. The number of hydrogen-bond donors (Lipinski definition) is 2. The number of furan rings is 1. The number of nitrogens with zero attached hydrogens (tertiary/aromatic N) is 2. The van der Waals surface area contributed by atoms with Gasteiger partial charge in [0, 0.05) is 11.3 Å². The van der Waals surface area contributed by atoms with Crippen LogP contribution >= 0.6 is 0 Å². The number of hydrogen-bond acceptors (Lipinski definition) is 5. The molecule has 24 heavy (non-hydrogen) atoms. The van der Waals surface area contributed by atoms with E-state index < -0.39 is 0 Å². The Kier molecular flexibility index (Phi) is 3.57. The zero-order valence-electron chi connectivity index (χ0n) is 13.1. The molecule has 0 saturated carbocycles. The van der Waals surface area contributed by atoms with Crippen LogP contribution in [0, 0.1) is 5.92 Å². The van der Waals surface area contributed by atoms with Crippen molar-refractivity contribution in [3.8, 4) is 0 Å². The lowest BCUT2D eigenvalue weighted by molar-refractivity contribution is -0.123. The number of nitrogens with one attached hydrogen (secondary N) is 1. The number of carbonyl (C=O) groups is 1. The average molecular weight is 326 g/mol. The average Bonchev–Trinajstić information content (AvgIpc) is 2.95. The molecule has 1 amide bonds. The van der Waals surface area contributed by atoms with Crippen molar-refractivity contribution in [3.05, 3.63) is 40.4 Å². The number of rotatable bonds is 3. The largest absolute Gasteiger partial charge is 0.449 e. The van der Waals surface area contributed by atoms with E-state index in [1.807, 2.05) is 24.3 Å². The van der Waals surface area contributed by atoms with Gasteiger partial charge in [-0.1, -0.05) is 12.1 Å². The number of para-hydroxylation sites is 1. The summed E-state index contributed by atoms with van der Waals surface area (Å²) in [5, 5.41) is 0.840. The third-order valence-corrected chi connectivity index (χ3v) is 4.64. The first-order valence-electron chi connectivity index (χ1n) is 8.04. The van der Waals surface area contributed by atoms with Crippen LogP contribution in [0.2, 0.25) is 0 Å². The zero-order valence-corrected chi connectivity index (χ0v) is 13.1. The van der Waals surface area contributed by atoms with Crippen LogP contribution in [0.4, 0.5) is 0 Å². The van der Waals surface area contributed by atoms with Crippen molar-refractivity contribution in [3.63, 3.8) is 0 Å². The van der Waals surface area contributed by atoms with Crippen molar-refractivity contribution in [1.82, 2.24) is 14.9 Å². The second kappa shape index (κ2) is 5.76. The van der Waals surface area contributed by atoms with E-state index in [1.165, 1.54) is 0 Å². The standard InChI is InChI=1S/C17H18N4O3/c18-16(22)10-5-7-21(8-6-10)9-13-19-14-11-3-1-2-4-12(11)24-15(14)17(23)20-13/h1-4,10H,5-9H2,(H2,18,22)(H,19,20,23). The van der Waals surface area contributed by atoms with E-state index >= 15 is 0 Å². The Morgan fingerprint density at radius 2 is 2.08 bits per heavy atom. The number of likely N-dealkylation sites (tertiary alicyclic amines) is 1. The summed E-state index contributed by atoms with van der Waals surface area (Å²) in [6.07, 6.45) is 1.49. The highest BCUT2D eigenvalue weighted by atomic mass is 16.3. The molecule has 1 aliphatic heterocycles. The number of fused-ring (bicyclic) bond motifs is 3. The third kappa shape index (κ3) is 2.56. The van der Waals surface area contributed by atoms with Gasteiger partial charge in [0.05, 0.1) is 6.54 Å². The van der Waals surface area contributed by atoms with Crippen molar-refractivity contribution in [2.45, 2.75) is 19.4 Å². The number of piperidine rings is 1. The van der Waals surface area contributed by atoms with Gasteiger partial charge in [-0.2, -0.15) is 0 Å². The maximum Gasteiger partial charge on any atom is 0.294 e. The molecule has 0 bridgehead atoms.